The van der Waals surface area contributed by atoms with E-state index < -0.39 is 0 Å². The van der Waals surface area contributed by atoms with Crippen LogP contribution < -0.4 is 10.6 Å². The molecule has 1 aliphatic rings. The van der Waals surface area contributed by atoms with Gasteiger partial charge in [-0.2, -0.15) is 0 Å². The molecule has 0 spiro atoms. The topological polar surface area (TPSA) is 65.1 Å². The third-order valence-corrected chi connectivity index (χ3v) is 4.64. The van der Waals surface area contributed by atoms with E-state index in [-0.39, 0.29) is 5.84 Å². The van der Waals surface area contributed by atoms with Crippen molar-refractivity contribution < 1.29 is 5.21 Å². The van der Waals surface area contributed by atoms with Gasteiger partial charge in [-0.1, -0.05) is 5.16 Å². The van der Waals surface area contributed by atoms with Gasteiger partial charge in [-0.15, -0.1) is 0 Å². The average molecular weight is 341 g/mol. The summed E-state index contributed by atoms with van der Waals surface area (Å²) in [5, 5.41) is 11.8. The zero-order valence-electron chi connectivity index (χ0n) is 11.9. The monoisotopic (exact) mass is 340 g/mol. The summed E-state index contributed by atoms with van der Waals surface area (Å²) in [6, 6.07) is 6.47. The second-order valence-electron chi connectivity index (χ2n) is 5.29. The standard InChI is InChI=1S/C14H21BrN4O/c1-18-7-5-10(6-8-18)19(2)11-3-4-12(13(15)9-11)14(16)17-20/h3-4,9-10,20H,5-8H2,1-2H3,(H2,16,17). The number of hydrogen-bond donors (Lipinski definition) is 2. The lowest BCUT2D eigenvalue weighted by atomic mass is 10.0. The third kappa shape index (κ3) is 3.24. The number of oxime groups is 1. The van der Waals surface area contributed by atoms with E-state index in [0.29, 0.717) is 11.6 Å². The highest BCUT2D eigenvalue weighted by Crippen LogP contribution is 2.27. The second kappa shape index (κ2) is 6.45. The first kappa shape index (κ1) is 15.1. The van der Waals surface area contributed by atoms with Crippen molar-refractivity contribution in [2.45, 2.75) is 18.9 Å². The molecule has 0 saturated carbocycles. The molecular weight excluding hydrogens is 320 g/mol. The maximum atomic E-state index is 8.75. The second-order valence-corrected chi connectivity index (χ2v) is 6.15. The van der Waals surface area contributed by atoms with Crippen LogP contribution in [0.1, 0.15) is 18.4 Å². The Labute approximate surface area is 128 Å². The fraction of sp³-hybridized carbons (Fsp3) is 0.500. The first-order valence-electron chi connectivity index (χ1n) is 6.71. The predicted molar refractivity (Wildman–Crippen MR) is 85.6 cm³/mol. The molecule has 1 fully saturated rings. The fourth-order valence-electron chi connectivity index (χ4n) is 2.58. The third-order valence-electron chi connectivity index (χ3n) is 3.98. The Bertz CT molecular complexity index is 498. The molecule has 0 aromatic heterocycles. The zero-order valence-corrected chi connectivity index (χ0v) is 13.5. The fourth-order valence-corrected chi connectivity index (χ4v) is 3.15. The highest BCUT2D eigenvalue weighted by Gasteiger charge is 2.21. The maximum Gasteiger partial charge on any atom is 0.171 e. The van der Waals surface area contributed by atoms with Gasteiger partial charge in [-0.3, -0.25) is 0 Å². The van der Waals surface area contributed by atoms with E-state index in [1.54, 1.807) is 0 Å². The molecule has 1 aromatic rings. The molecule has 0 radical (unpaired) electrons. The zero-order chi connectivity index (χ0) is 14.7. The Kier molecular flexibility index (Phi) is 4.88. The Morgan fingerprint density at radius 2 is 2.10 bits per heavy atom. The number of anilines is 1. The van der Waals surface area contributed by atoms with Crippen LogP contribution in [0.2, 0.25) is 0 Å². The van der Waals surface area contributed by atoms with Crippen LogP contribution in [-0.4, -0.2) is 49.2 Å². The Balaban J connectivity index is 2.15. The highest BCUT2D eigenvalue weighted by molar-refractivity contribution is 9.10. The van der Waals surface area contributed by atoms with Gasteiger partial charge in [0.05, 0.1) is 0 Å². The van der Waals surface area contributed by atoms with Gasteiger partial charge in [0.2, 0.25) is 0 Å². The van der Waals surface area contributed by atoms with Crippen LogP contribution in [0, 0.1) is 0 Å². The van der Waals surface area contributed by atoms with E-state index >= 15 is 0 Å². The summed E-state index contributed by atoms with van der Waals surface area (Å²) < 4.78 is 0.838. The van der Waals surface area contributed by atoms with Gasteiger partial charge in [0.1, 0.15) is 0 Å². The molecular formula is C14H21BrN4O. The maximum absolute atomic E-state index is 8.75. The number of nitrogens with two attached hydrogens (primary N) is 1. The van der Waals surface area contributed by atoms with Gasteiger partial charge >= 0.3 is 0 Å². The van der Waals surface area contributed by atoms with Crippen molar-refractivity contribution in [1.82, 2.24) is 4.90 Å². The minimum absolute atomic E-state index is 0.116. The molecule has 6 heteroatoms. The Hall–Kier alpha value is -1.27. The summed E-state index contributed by atoms with van der Waals surface area (Å²) in [6.07, 6.45) is 2.35. The van der Waals surface area contributed by atoms with Crippen molar-refractivity contribution in [1.29, 1.82) is 0 Å². The average Bonchev–Trinajstić information content (AvgIpc) is 2.46. The number of hydrogen-bond acceptors (Lipinski definition) is 4. The van der Waals surface area contributed by atoms with Gasteiger partial charge < -0.3 is 20.7 Å². The molecule has 0 amide bonds. The van der Waals surface area contributed by atoms with Crippen LogP contribution >= 0.6 is 15.9 Å². The minimum Gasteiger partial charge on any atom is -0.409 e. The lowest BCUT2D eigenvalue weighted by Gasteiger charge is -2.36. The molecule has 1 saturated heterocycles. The summed E-state index contributed by atoms with van der Waals surface area (Å²) in [7, 11) is 4.29. The quantitative estimate of drug-likeness (QED) is 0.382. The van der Waals surface area contributed by atoms with Crippen LogP contribution in [0.5, 0.6) is 0 Å². The summed E-state index contributed by atoms with van der Waals surface area (Å²) in [5.41, 5.74) is 7.47. The van der Waals surface area contributed by atoms with Crippen LogP contribution in [0.25, 0.3) is 0 Å². The van der Waals surface area contributed by atoms with Gasteiger partial charge in [-0.25, -0.2) is 0 Å². The van der Waals surface area contributed by atoms with Crippen molar-refractivity contribution in [3.05, 3.63) is 28.2 Å². The lowest BCUT2D eigenvalue weighted by Crippen LogP contribution is -2.42. The smallest absolute Gasteiger partial charge is 0.171 e. The lowest BCUT2D eigenvalue weighted by molar-refractivity contribution is 0.253. The summed E-state index contributed by atoms with van der Waals surface area (Å²) >= 11 is 3.48. The molecule has 0 bridgehead atoms. The SMILES string of the molecule is CN1CCC(N(C)c2ccc(/C(N)=N/O)c(Br)c2)CC1. The summed E-state index contributed by atoms with van der Waals surface area (Å²) in [4.78, 5) is 4.68. The van der Waals surface area contributed by atoms with Gasteiger partial charge in [0.15, 0.2) is 5.84 Å². The van der Waals surface area contributed by atoms with Crippen LogP contribution in [0.4, 0.5) is 5.69 Å². The molecule has 110 valence electrons. The van der Waals surface area contributed by atoms with E-state index in [1.165, 1.54) is 12.8 Å². The molecule has 3 N–H and O–H groups in total. The van der Waals surface area contributed by atoms with E-state index in [9.17, 15) is 0 Å². The molecule has 0 unspecified atom stereocenters. The van der Waals surface area contributed by atoms with E-state index in [2.05, 4.69) is 45.0 Å². The van der Waals surface area contributed by atoms with Crippen molar-refractivity contribution in [2.24, 2.45) is 10.9 Å². The largest absolute Gasteiger partial charge is 0.409 e. The van der Waals surface area contributed by atoms with E-state index in [0.717, 1.165) is 23.2 Å². The normalized spacial score (nSPS) is 18.2. The Morgan fingerprint density at radius 1 is 1.45 bits per heavy atom. The van der Waals surface area contributed by atoms with Crippen molar-refractivity contribution in [3.63, 3.8) is 0 Å². The summed E-state index contributed by atoms with van der Waals surface area (Å²) in [5.74, 6) is 0.116. The number of rotatable bonds is 3. The number of likely N-dealkylation sites (tertiary alicyclic amines) is 1. The number of amidine groups is 1. The number of halogens is 1. The molecule has 2 rings (SSSR count). The van der Waals surface area contributed by atoms with Crippen LogP contribution in [-0.2, 0) is 0 Å². The van der Waals surface area contributed by atoms with E-state index in [4.69, 9.17) is 10.9 Å². The molecule has 0 atom stereocenters. The van der Waals surface area contributed by atoms with Crippen molar-refractivity contribution in [2.75, 3.05) is 32.1 Å². The molecule has 0 aliphatic carbocycles. The van der Waals surface area contributed by atoms with Gasteiger partial charge in [0.25, 0.3) is 0 Å². The molecule has 5 nitrogen and oxygen atoms in total. The first-order chi connectivity index (χ1) is 9.52. The number of nitrogens with zero attached hydrogens (tertiary/aromatic N) is 3. The number of benzene rings is 1. The van der Waals surface area contributed by atoms with Crippen molar-refractivity contribution in [3.8, 4) is 0 Å². The summed E-state index contributed by atoms with van der Waals surface area (Å²) in [6.45, 7) is 2.27. The molecule has 1 aromatic carbocycles. The molecule has 20 heavy (non-hydrogen) atoms. The van der Waals surface area contributed by atoms with Crippen LogP contribution in [0.3, 0.4) is 0 Å². The van der Waals surface area contributed by atoms with Crippen LogP contribution in [0.15, 0.2) is 27.8 Å². The highest BCUT2D eigenvalue weighted by atomic mass is 79.9. The minimum atomic E-state index is 0.116. The molecule has 1 aliphatic heterocycles. The first-order valence-corrected chi connectivity index (χ1v) is 7.51. The number of piperidine rings is 1. The van der Waals surface area contributed by atoms with Crippen molar-refractivity contribution >= 4 is 27.5 Å². The van der Waals surface area contributed by atoms with Gasteiger partial charge in [0, 0.05) is 28.8 Å². The molecule has 1 heterocycles. The Morgan fingerprint density at radius 3 is 2.65 bits per heavy atom. The predicted octanol–water partition coefficient (Wildman–Crippen LogP) is 2.07. The van der Waals surface area contributed by atoms with E-state index in [1.807, 2.05) is 18.2 Å². The van der Waals surface area contributed by atoms with Gasteiger partial charge in [-0.05, 0) is 67.1 Å².